The number of carbonyl (C=O) groups excluding carboxylic acids is 1. The van der Waals surface area contributed by atoms with Crippen molar-refractivity contribution in [3.05, 3.63) is 58.6 Å². The van der Waals surface area contributed by atoms with E-state index in [4.69, 9.17) is 11.6 Å². The molecule has 0 atom stereocenters. The van der Waals surface area contributed by atoms with Gasteiger partial charge in [-0.15, -0.1) is 0 Å². The first kappa shape index (κ1) is 15.3. The minimum atomic E-state index is -3.00. The van der Waals surface area contributed by atoms with Crippen LogP contribution in [0, 0.1) is 6.92 Å². The van der Waals surface area contributed by atoms with E-state index in [0.29, 0.717) is 10.7 Å². The van der Waals surface area contributed by atoms with E-state index in [0.717, 1.165) is 5.56 Å². The zero-order chi connectivity index (χ0) is 15.4. The molecule has 6 heteroatoms. The molecule has 0 spiro atoms. The van der Waals surface area contributed by atoms with Crippen molar-refractivity contribution in [2.45, 2.75) is 13.5 Å². The van der Waals surface area contributed by atoms with E-state index in [2.05, 4.69) is 10.1 Å². The summed E-state index contributed by atoms with van der Waals surface area (Å²) >= 11 is 6.02. The summed E-state index contributed by atoms with van der Waals surface area (Å²) in [4.78, 5) is 12.2. The van der Waals surface area contributed by atoms with E-state index in [-0.39, 0.29) is 11.3 Å². The summed E-state index contributed by atoms with van der Waals surface area (Å²) in [5.74, 6) is -0.759. The zero-order valence-corrected chi connectivity index (χ0v) is 11.8. The highest BCUT2D eigenvalue weighted by atomic mass is 35.5. The Labute approximate surface area is 125 Å². The lowest BCUT2D eigenvalue weighted by Gasteiger charge is -2.12. The molecule has 0 unspecified atom stereocenters. The van der Waals surface area contributed by atoms with Crippen LogP contribution in [0.1, 0.15) is 15.9 Å². The number of anilines is 1. The van der Waals surface area contributed by atoms with Crippen molar-refractivity contribution >= 4 is 23.2 Å². The maximum Gasteiger partial charge on any atom is 0.387 e. The highest BCUT2D eigenvalue weighted by Crippen LogP contribution is 2.25. The predicted molar refractivity (Wildman–Crippen MR) is 77.2 cm³/mol. The fourth-order valence-electron chi connectivity index (χ4n) is 1.76. The number of hydrogen-bond donors (Lipinski definition) is 1. The van der Waals surface area contributed by atoms with Crippen molar-refractivity contribution in [2.75, 3.05) is 5.32 Å². The molecule has 0 bridgehead atoms. The Hall–Kier alpha value is -2.14. The summed E-state index contributed by atoms with van der Waals surface area (Å²) in [6, 6.07) is 10.9. The van der Waals surface area contributed by atoms with Gasteiger partial charge in [0.05, 0.1) is 16.3 Å². The number of ether oxygens (including phenoxy) is 1. The number of halogens is 3. The number of para-hydroxylation sites is 1. The number of nitrogens with one attached hydrogen (secondary N) is 1. The molecule has 1 amide bonds. The van der Waals surface area contributed by atoms with Gasteiger partial charge in [0.2, 0.25) is 0 Å². The first-order valence-electron chi connectivity index (χ1n) is 6.08. The van der Waals surface area contributed by atoms with Gasteiger partial charge in [0.15, 0.2) is 0 Å². The molecule has 2 aromatic rings. The lowest BCUT2D eigenvalue weighted by molar-refractivity contribution is -0.0501. The van der Waals surface area contributed by atoms with Crippen LogP contribution in [-0.4, -0.2) is 12.5 Å². The van der Waals surface area contributed by atoms with Gasteiger partial charge in [-0.05, 0) is 36.8 Å². The summed E-state index contributed by atoms with van der Waals surface area (Å²) in [7, 11) is 0. The maximum absolute atomic E-state index is 12.3. The highest BCUT2D eigenvalue weighted by molar-refractivity contribution is 6.34. The third kappa shape index (κ3) is 3.92. The van der Waals surface area contributed by atoms with E-state index >= 15 is 0 Å². The van der Waals surface area contributed by atoms with Gasteiger partial charge in [0.25, 0.3) is 5.91 Å². The van der Waals surface area contributed by atoms with Gasteiger partial charge in [-0.1, -0.05) is 29.8 Å². The molecular weight excluding hydrogens is 300 g/mol. The Bertz CT molecular complexity index is 662. The van der Waals surface area contributed by atoms with Crippen molar-refractivity contribution < 1.29 is 18.3 Å². The molecule has 3 nitrogen and oxygen atoms in total. The zero-order valence-electron chi connectivity index (χ0n) is 11.1. The average Bonchev–Trinajstić information content (AvgIpc) is 2.42. The van der Waals surface area contributed by atoms with E-state index in [1.807, 2.05) is 6.92 Å². The standard InChI is InChI=1S/C15H12ClF2NO2/c1-9-6-7-12(11(16)8-9)19-14(20)10-4-2-3-5-13(10)21-15(17)18/h2-8,15H,1H3,(H,19,20). The number of aryl methyl sites for hydroxylation is 1. The van der Waals surface area contributed by atoms with E-state index < -0.39 is 12.5 Å². The average molecular weight is 312 g/mol. The molecule has 21 heavy (non-hydrogen) atoms. The second-order valence-electron chi connectivity index (χ2n) is 4.31. The molecule has 0 aliphatic rings. The first-order valence-corrected chi connectivity index (χ1v) is 6.46. The van der Waals surface area contributed by atoms with Crippen molar-refractivity contribution in [3.63, 3.8) is 0 Å². The Balaban J connectivity index is 2.24. The Morgan fingerprint density at radius 3 is 2.62 bits per heavy atom. The molecule has 0 radical (unpaired) electrons. The number of alkyl halides is 2. The molecule has 2 rings (SSSR count). The number of benzene rings is 2. The van der Waals surface area contributed by atoms with Crippen molar-refractivity contribution in [1.29, 1.82) is 0 Å². The Morgan fingerprint density at radius 2 is 1.95 bits per heavy atom. The normalized spacial score (nSPS) is 10.5. The number of carbonyl (C=O) groups is 1. The summed E-state index contributed by atoms with van der Waals surface area (Å²) in [6.07, 6.45) is 0. The molecule has 1 N–H and O–H groups in total. The molecular formula is C15H12ClF2NO2. The van der Waals surface area contributed by atoms with Crippen molar-refractivity contribution in [2.24, 2.45) is 0 Å². The van der Waals surface area contributed by atoms with E-state index in [9.17, 15) is 13.6 Å². The van der Waals surface area contributed by atoms with Crippen LogP contribution in [0.15, 0.2) is 42.5 Å². The molecule has 0 saturated carbocycles. The monoisotopic (exact) mass is 311 g/mol. The lowest BCUT2D eigenvalue weighted by atomic mass is 10.1. The van der Waals surface area contributed by atoms with E-state index in [1.54, 1.807) is 24.3 Å². The lowest BCUT2D eigenvalue weighted by Crippen LogP contribution is -2.15. The van der Waals surface area contributed by atoms with Crippen LogP contribution in [0.25, 0.3) is 0 Å². The van der Waals surface area contributed by atoms with Crippen LogP contribution in [0.2, 0.25) is 5.02 Å². The fourth-order valence-corrected chi connectivity index (χ4v) is 2.05. The third-order valence-corrected chi connectivity index (χ3v) is 3.03. The highest BCUT2D eigenvalue weighted by Gasteiger charge is 2.16. The fraction of sp³-hybridized carbons (Fsp3) is 0.133. The number of hydrogen-bond acceptors (Lipinski definition) is 2. The van der Waals surface area contributed by atoms with Crippen LogP contribution in [0.3, 0.4) is 0 Å². The van der Waals surface area contributed by atoms with Gasteiger partial charge in [0.1, 0.15) is 5.75 Å². The van der Waals surface area contributed by atoms with Crippen molar-refractivity contribution in [3.8, 4) is 5.75 Å². The van der Waals surface area contributed by atoms with Crippen LogP contribution >= 0.6 is 11.6 Å². The SMILES string of the molecule is Cc1ccc(NC(=O)c2ccccc2OC(F)F)c(Cl)c1. The summed E-state index contributed by atoms with van der Waals surface area (Å²) in [5.41, 5.74) is 1.35. The second-order valence-corrected chi connectivity index (χ2v) is 4.72. The largest absolute Gasteiger partial charge is 0.434 e. The molecule has 0 aromatic heterocycles. The Morgan fingerprint density at radius 1 is 1.24 bits per heavy atom. The van der Waals surface area contributed by atoms with Crippen molar-refractivity contribution in [1.82, 2.24) is 0 Å². The first-order chi connectivity index (χ1) is 9.97. The molecule has 0 aliphatic heterocycles. The summed E-state index contributed by atoms with van der Waals surface area (Å²) < 4.78 is 29.0. The van der Waals surface area contributed by atoms with E-state index in [1.165, 1.54) is 18.2 Å². The van der Waals surface area contributed by atoms with Crippen LogP contribution in [-0.2, 0) is 0 Å². The summed E-state index contributed by atoms with van der Waals surface area (Å²) in [6.45, 7) is -1.13. The predicted octanol–water partition coefficient (Wildman–Crippen LogP) is 4.50. The van der Waals surface area contributed by atoms with Gasteiger partial charge in [-0.3, -0.25) is 4.79 Å². The molecule has 0 saturated heterocycles. The van der Waals surface area contributed by atoms with Gasteiger partial charge >= 0.3 is 6.61 Å². The molecule has 0 aliphatic carbocycles. The van der Waals surface area contributed by atoms with Gasteiger partial charge < -0.3 is 10.1 Å². The van der Waals surface area contributed by atoms with Gasteiger partial charge in [-0.25, -0.2) is 0 Å². The molecule has 2 aromatic carbocycles. The van der Waals surface area contributed by atoms with Gasteiger partial charge in [-0.2, -0.15) is 8.78 Å². The minimum absolute atomic E-state index is 0.00874. The number of amides is 1. The topological polar surface area (TPSA) is 38.3 Å². The maximum atomic E-state index is 12.3. The third-order valence-electron chi connectivity index (χ3n) is 2.72. The van der Waals surface area contributed by atoms with Crippen LogP contribution in [0.5, 0.6) is 5.75 Å². The van der Waals surface area contributed by atoms with Gasteiger partial charge in [0, 0.05) is 0 Å². The minimum Gasteiger partial charge on any atom is -0.434 e. The van der Waals surface area contributed by atoms with Crippen LogP contribution in [0.4, 0.5) is 14.5 Å². The molecule has 110 valence electrons. The quantitative estimate of drug-likeness (QED) is 0.902. The molecule has 0 fully saturated rings. The van der Waals surface area contributed by atoms with Crippen LogP contribution < -0.4 is 10.1 Å². The smallest absolute Gasteiger partial charge is 0.387 e. The molecule has 0 heterocycles. The second kappa shape index (κ2) is 6.54. The number of rotatable bonds is 4. The Kier molecular flexibility index (Phi) is 4.75. The summed E-state index contributed by atoms with van der Waals surface area (Å²) in [5, 5.41) is 2.94.